The van der Waals surface area contributed by atoms with Gasteiger partial charge in [-0.3, -0.25) is 0 Å². The predicted molar refractivity (Wildman–Crippen MR) is 66.1 cm³/mol. The van der Waals surface area contributed by atoms with Crippen molar-refractivity contribution in [2.45, 2.75) is 19.6 Å². The van der Waals surface area contributed by atoms with E-state index >= 15 is 0 Å². The molecule has 3 N–H and O–H groups in total. The monoisotopic (exact) mass is 234 g/mol. The number of nitrogens with two attached hydrogens (primary N) is 1. The highest BCUT2D eigenvalue weighted by molar-refractivity contribution is 7.13. The van der Waals surface area contributed by atoms with E-state index in [1.54, 1.807) is 5.51 Å². The van der Waals surface area contributed by atoms with Crippen LogP contribution in [0.3, 0.4) is 0 Å². The van der Waals surface area contributed by atoms with Gasteiger partial charge in [-0.2, -0.15) is 0 Å². The third-order valence-electron chi connectivity index (χ3n) is 2.49. The molecule has 0 aliphatic carbocycles. The van der Waals surface area contributed by atoms with Crippen LogP contribution >= 0.6 is 11.3 Å². The fourth-order valence-electron chi connectivity index (χ4n) is 1.55. The summed E-state index contributed by atoms with van der Waals surface area (Å²) in [6.07, 6.45) is 0. The molecule has 0 radical (unpaired) electrons. The highest BCUT2D eigenvalue weighted by Gasteiger charge is 2.08. The van der Waals surface area contributed by atoms with Crippen LogP contribution in [-0.2, 0) is 6.61 Å². The molecular weight excluding hydrogens is 220 g/mol. The number of aromatic nitrogens is 1. The molecule has 0 unspecified atom stereocenters. The molecule has 0 aliphatic rings. The Kier molecular flexibility index (Phi) is 3.33. The second kappa shape index (κ2) is 4.74. The van der Waals surface area contributed by atoms with Crippen LogP contribution in [-0.4, -0.2) is 10.1 Å². The molecule has 1 heterocycles. The Bertz CT molecular complexity index is 462. The van der Waals surface area contributed by atoms with Gasteiger partial charge in [0, 0.05) is 6.04 Å². The Morgan fingerprint density at radius 1 is 1.38 bits per heavy atom. The molecule has 2 aromatic rings. The highest BCUT2D eigenvalue weighted by Crippen LogP contribution is 2.28. The lowest BCUT2D eigenvalue weighted by molar-refractivity contribution is 0.278. The van der Waals surface area contributed by atoms with Crippen molar-refractivity contribution in [1.82, 2.24) is 4.98 Å². The molecule has 0 bridgehead atoms. The van der Waals surface area contributed by atoms with Gasteiger partial charge in [0.05, 0.1) is 22.7 Å². The minimum Gasteiger partial charge on any atom is -0.390 e. The average Bonchev–Trinajstić information content (AvgIpc) is 2.77. The number of benzene rings is 1. The van der Waals surface area contributed by atoms with E-state index in [1.165, 1.54) is 11.3 Å². The molecule has 0 spiro atoms. The van der Waals surface area contributed by atoms with Crippen LogP contribution in [0.4, 0.5) is 0 Å². The normalized spacial score (nSPS) is 12.7. The summed E-state index contributed by atoms with van der Waals surface area (Å²) >= 11 is 1.54. The van der Waals surface area contributed by atoms with E-state index in [4.69, 9.17) is 10.8 Å². The van der Waals surface area contributed by atoms with Crippen molar-refractivity contribution in [3.8, 4) is 10.4 Å². The first kappa shape index (κ1) is 11.3. The van der Waals surface area contributed by atoms with Crippen molar-refractivity contribution in [3.63, 3.8) is 0 Å². The van der Waals surface area contributed by atoms with Gasteiger partial charge in [-0.15, -0.1) is 11.3 Å². The summed E-state index contributed by atoms with van der Waals surface area (Å²) in [5.41, 5.74) is 10.5. The number of thiazole rings is 1. The van der Waals surface area contributed by atoms with Gasteiger partial charge in [-0.05, 0) is 18.1 Å². The highest BCUT2D eigenvalue weighted by atomic mass is 32.1. The third-order valence-corrected chi connectivity index (χ3v) is 3.41. The summed E-state index contributed by atoms with van der Waals surface area (Å²) < 4.78 is 0. The van der Waals surface area contributed by atoms with Gasteiger partial charge >= 0.3 is 0 Å². The maximum atomic E-state index is 9.14. The molecule has 16 heavy (non-hydrogen) atoms. The zero-order valence-corrected chi connectivity index (χ0v) is 9.87. The van der Waals surface area contributed by atoms with E-state index in [-0.39, 0.29) is 12.6 Å². The molecule has 1 aromatic heterocycles. The molecule has 4 heteroatoms. The summed E-state index contributed by atoms with van der Waals surface area (Å²) in [7, 11) is 0. The molecule has 2 rings (SSSR count). The molecule has 84 valence electrons. The van der Waals surface area contributed by atoms with E-state index in [2.05, 4.69) is 4.98 Å². The molecular formula is C12H14N2OS. The number of aliphatic hydroxyl groups is 1. The van der Waals surface area contributed by atoms with E-state index in [9.17, 15) is 0 Å². The van der Waals surface area contributed by atoms with Gasteiger partial charge in [0.1, 0.15) is 0 Å². The standard InChI is InChI=1S/C12H14N2OS/c1-8(13)9-2-4-10(5-3-9)12-11(6-15)14-7-16-12/h2-5,7-8,15H,6,13H2,1H3/t8-/m0/s1. The molecule has 0 amide bonds. The molecule has 0 fully saturated rings. The molecule has 3 nitrogen and oxygen atoms in total. The Labute approximate surface area is 98.6 Å². The lowest BCUT2D eigenvalue weighted by atomic mass is 10.1. The van der Waals surface area contributed by atoms with Gasteiger partial charge < -0.3 is 10.8 Å². The maximum Gasteiger partial charge on any atom is 0.0867 e. The lowest BCUT2D eigenvalue weighted by Gasteiger charge is -2.06. The smallest absolute Gasteiger partial charge is 0.0867 e. The Morgan fingerprint density at radius 2 is 2.06 bits per heavy atom. The van der Waals surface area contributed by atoms with Gasteiger partial charge in [-0.25, -0.2) is 4.98 Å². The van der Waals surface area contributed by atoms with E-state index in [0.717, 1.165) is 21.7 Å². The topological polar surface area (TPSA) is 59.1 Å². The minimum atomic E-state index is -0.0200. The van der Waals surface area contributed by atoms with E-state index in [0.29, 0.717) is 0 Å². The van der Waals surface area contributed by atoms with E-state index in [1.807, 2.05) is 31.2 Å². The predicted octanol–water partition coefficient (Wildman–Crippen LogP) is 2.32. The first-order chi connectivity index (χ1) is 7.72. The zero-order chi connectivity index (χ0) is 11.5. The van der Waals surface area contributed by atoms with E-state index < -0.39 is 0 Å². The van der Waals surface area contributed by atoms with Gasteiger partial charge in [0.25, 0.3) is 0 Å². The quantitative estimate of drug-likeness (QED) is 0.856. The minimum absolute atomic E-state index is 0.0200. The summed E-state index contributed by atoms with van der Waals surface area (Å²) in [5.74, 6) is 0. The molecule has 0 aliphatic heterocycles. The van der Waals surface area contributed by atoms with Crippen molar-refractivity contribution in [3.05, 3.63) is 41.0 Å². The summed E-state index contributed by atoms with van der Waals surface area (Å²) in [4.78, 5) is 5.14. The largest absolute Gasteiger partial charge is 0.390 e. The molecule has 0 saturated carbocycles. The number of hydrogen-bond acceptors (Lipinski definition) is 4. The fourth-order valence-corrected chi connectivity index (χ4v) is 2.37. The van der Waals surface area contributed by atoms with Crippen molar-refractivity contribution in [2.75, 3.05) is 0 Å². The number of hydrogen-bond donors (Lipinski definition) is 2. The SMILES string of the molecule is C[C@H](N)c1ccc(-c2scnc2CO)cc1. The lowest BCUT2D eigenvalue weighted by Crippen LogP contribution is -2.04. The van der Waals surface area contributed by atoms with Crippen LogP contribution in [0.15, 0.2) is 29.8 Å². The fraction of sp³-hybridized carbons (Fsp3) is 0.250. The van der Waals surface area contributed by atoms with Crippen LogP contribution in [0.25, 0.3) is 10.4 Å². The number of rotatable bonds is 3. The van der Waals surface area contributed by atoms with Crippen LogP contribution in [0.1, 0.15) is 24.2 Å². The Hall–Kier alpha value is -1.23. The van der Waals surface area contributed by atoms with Gasteiger partial charge in [0.15, 0.2) is 0 Å². The molecule has 0 saturated heterocycles. The average molecular weight is 234 g/mol. The van der Waals surface area contributed by atoms with Crippen LogP contribution in [0.5, 0.6) is 0 Å². The number of nitrogens with zero attached hydrogens (tertiary/aromatic N) is 1. The van der Waals surface area contributed by atoms with Crippen LogP contribution in [0.2, 0.25) is 0 Å². The summed E-state index contributed by atoms with van der Waals surface area (Å²) in [6, 6.07) is 8.12. The number of aliphatic hydroxyl groups excluding tert-OH is 1. The van der Waals surface area contributed by atoms with Crippen molar-refractivity contribution in [1.29, 1.82) is 0 Å². The first-order valence-electron chi connectivity index (χ1n) is 5.11. The third kappa shape index (κ3) is 2.14. The first-order valence-corrected chi connectivity index (χ1v) is 5.99. The summed E-state index contributed by atoms with van der Waals surface area (Å²) in [6.45, 7) is 1.94. The second-order valence-corrected chi connectivity index (χ2v) is 4.55. The van der Waals surface area contributed by atoms with Crippen LogP contribution in [0, 0.1) is 0 Å². The molecule has 1 atom stereocenters. The van der Waals surface area contributed by atoms with Gasteiger partial charge in [-0.1, -0.05) is 24.3 Å². The maximum absolute atomic E-state index is 9.14. The van der Waals surface area contributed by atoms with Crippen molar-refractivity contribution >= 4 is 11.3 Å². The summed E-state index contributed by atoms with van der Waals surface area (Å²) in [5, 5.41) is 9.14. The molecule has 1 aromatic carbocycles. The van der Waals surface area contributed by atoms with Crippen LogP contribution < -0.4 is 5.73 Å². The Morgan fingerprint density at radius 3 is 2.62 bits per heavy atom. The Balaban J connectivity index is 2.35. The van der Waals surface area contributed by atoms with Gasteiger partial charge in [0.2, 0.25) is 0 Å². The van der Waals surface area contributed by atoms with Crippen molar-refractivity contribution in [2.24, 2.45) is 5.73 Å². The zero-order valence-electron chi connectivity index (χ0n) is 9.05. The van der Waals surface area contributed by atoms with Crippen molar-refractivity contribution < 1.29 is 5.11 Å². The second-order valence-electron chi connectivity index (χ2n) is 3.70.